The van der Waals surface area contributed by atoms with E-state index in [0.29, 0.717) is 10.0 Å². The minimum atomic E-state index is -1.17. The highest BCUT2D eigenvalue weighted by Gasteiger charge is 2.62. The van der Waals surface area contributed by atoms with Gasteiger partial charge in [-0.25, -0.2) is 20.2 Å². The number of hydrogen-bond donors (Lipinski definition) is 0. The van der Waals surface area contributed by atoms with Crippen molar-refractivity contribution in [3.05, 3.63) is 20.2 Å². The Bertz CT molecular complexity index is 412. The monoisotopic (exact) mass is 288 g/mol. The Labute approximate surface area is 112 Å². The predicted octanol–water partition coefficient (Wildman–Crippen LogP) is -1.73. The first-order valence-corrected chi connectivity index (χ1v) is 5.62. The molecule has 0 aliphatic carbocycles. The third-order valence-electron chi connectivity index (χ3n) is 3.34. The normalized spacial score (nSPS) is 24.9. The summed E-state index contributed by atoms with van der Waals surface area (Å²) in [6, 6.07) is 0. The van der Waals surface area contributed by atoms with Gasteiger partial charge in [0.2, 0.25) is 30.8 Å². The third kappa shape index (κ3) is 1.85. The van der Waals surface area contributed by atoms with Crippen molar-refractivity contribution >= 4 is 11.8 Å². The Kier molecular flexibility index (Phi) is 3.07. The van der Waals surface area contributed by atoms with Gasteiger partial charge in [-0.05, 0) is 0 Å². The molecule has 0 radical (unpaired) electrons. The molecule has 2 fully saturated rings. The van der Waals surface area contributed by atoms with Gasteiger partial charge >= 0.3 is 0 Å². The summed E-state index contributed by atoms with van der Waals surface area (Å²) in [6.07, 6.45) is -2.34. The average Bonchev–Trinajstić information content (AvgIpc) is 2.83. The van der Waals surface area contributed by atoms with Crippen LogP contribution in [0.15, 0.2) is 0 Å². The lowest BCUT2D eigenvalue weighted by Gasteiger charge is -2.22. The van der Waals surface area contributed by atoms with Crippen LogP contribution in [0.4, 0.5) is 0 Å². The van der Waals surface area contributed by atoms with Crippen LogP contribution in [0.5, 0.6) is 0 Å². The van der Waals surface area contributed by atoms with Crippen LogP contribution in [-0.2, 0) is 9.59 Å². The van der Waals surface area contributed by atoms with Crippen LogP contribution in [0, 0.1) is 20.2 Å². The van der Waals surface area contributed by atoms with Crippen LogP contribution in [0.2, 0.25) is 0 Å². The summed E-state index contributed by atoms with van der Waals surface area (Å²) in [5.41, 5.74) is 0. The van der Waals surface area contributed by atoms with Crippen molar-refractivity contribution in [2.75, 3.05) is 13.3 Å². The fourth-order valence-electron chi connectivity index (χ4n) is 2.47. The minimum absolute atomic E-state index is 0.214. The molecule has 2 saturated heterocycles. The Morgan fingerprint density at radius 2 is 1.25 bits per heavy atom. The number of hydrogen-bond acceptors (Lipinski definition) is 6. The molecule has 0 spiro atoms. The second kappa shape index (κ2) is 4.47. The van der Waals surface area contributed by atoms with E-state index in [1.807, 2.05) is 0 Å². The van der Waals surface area contributed by atoms with Crippen LogP contribution < -0.4 is 0 Å². The minimum Gasteiger partial charge on any atom is -0.296 e. The molecule has 2 atom stereocenters. The molecule has 20 heavy (non-hydrogen) atoms. The molecule has 0 bridgehead atoms. The number of carbonyl (C=O) groups is 2. The van der Waals surface area contributed by atoms with Crippen molar-refractivity contribution in [1.29, 1.82) is 0 Å². The van der Waals surface area contributed by atoms with E-state index in [9.17, 15) is 29.8 Å². The molecule has 0 saturated carbocycles. The maximum Gasteiger partial charge on any atom is 0.222 e. The van der Waals surface area contributed by atoms with Crippen LogP contribution >= 0.6 is 0 Å². The highest BCUT2D eigenvalue weighted by Crippen LogP contribution is 2.32. The first-order chi connectivity index (χ1) is 9.25. The Balaban J connectivity index is 2.45. The molecule has 2 heterocycles. The van der Waals surface area contributed by atoms with Gasteiger partial charge in [0.05, 0.1) is 0 Å². The maximum atomic E-state index is 11.6. The summed E-state index contributed by atoms with van der Waals surface area (Å²) in [7, 11) is 0. The SMILES string of the molecule is CC(=O)N1CN(C(C)=O)C2C1N([N+](=O)[O-])CN2[N+](=O)[O-]. The van der Waals surface area contributed by atoms with E-state index < -0.39 is 40.9 Å². The van der Waals surface area contributed by atoms with Crippen molar-refractivity contribution in [2.45, 2.75) is 26.2 Å². The number of carbonyl (C=O) groups excluding carboxylic acids is 2. The van der Waals surface area contributed by atoms with Crippen molar-refractivity contribution < 1.29 is 19.7 Å². The lowest BCUT2D eigenvalue weighted by atomic mass is 10.3. The third-order valence-corrected chi connectivity index (χ3v) is 3.34. The zero-order valence-electron chi connectivity index (χ0n) is 10.7. The van der Waals surface area contributed by atoms with Crippen molar-refractivity contribution in [3.8, 4) is 0 Å². The highest BCUT2D eigenvalue weighted by atomic mass is 16.7. The average molecular weight is 288 g/mol. The van der Waals surface area contributed by atoms with Gasteiger partial charge in [-0.15, -0.1) is 0 Å². The zero-order chi connectivity index (χ0) is 15.2. The largest absolute Gasteiger partial charge is 0.296 e. The molecule has 0 N–H and O–H groups in total. The van der Waals surface area contributed by atoms with Gasteiger partial charge in [-0.3, -0.25) is 19.4 Å². The first kappa shape index (κ1) is 13.8. The summed E-state index contributed by atoms with van der Waals surface area (Å²) in [5.74, 6) is -0.999. The molecule has 12 heteroatoms. The molecule has 2 unspecified atom stereocenters. The van der Waals surface area contributed by atoms with Crippen molar-refractivity contribution in [1.82, 2.24) is 19.8 Å². The van der Waals surface area contributed by atoms with Crippen LogP contribution in [0.3, 0.4) is 0 Å². The predicted molar refractivity (Wildman–Crippen MR) is 60.0 cm³/mol. The van der Waals surface area contributed by atoms with Gasteiger partial charge < -0.3 is 0 Å². The van der Waals surface area contributed by atoms with E-state index in [1.54, 1.807) is 0 Å². The second-order valence-corrected chi connectivity index (χ2v) is 4.44. The molecule has 2 amide bonds. The summed E-state index contributed by atoms with van der Waals surface area (Å²) in [6.45, 7) is 1.55. The Morgan fingerprint density at radius 3 is 1.50 bits per heavy atom. The number of amides is 2. The van der Waals surface area contributed by atoms with Crippen molar-refractivity contribution in [3.63, 3.8) is 0 Å². The molecule has 0 aromatic heterocycles. The molecule has 2 rings (SSSR count). The molecule has 110 valence electrons. The number of rotatable bonds is 2. The van der Waals surface area contributed by atoms with Gasteiger partial charge in [-0.1, -0.05) is 10.0 Å². The maximum absolute atomic E-state index is 11.6. The molecule has 12 nitrogen and oxygen atoms in total. The number of fused-ring (bicyclic) bond motifs is 1. The van der Waals surface area contributed by atoms with E-state index >= 15 is 0 Å². The fourth-order valence-corrected chi connectivity index (χ4v) is 2.47. The molecule has 2 aliphatic rings. The van der Waals surface area contributed by atoms with Gasteiger partial charge in [0.25, 0.3) is 0 Å². The topological polar surface area (TPSA) is 133 Å². The molecular formula is C8H12N6O6. The number of hydrazine groups is 2. The summed E-state index contributed by atoms with van der Waals surface area (Å²) in [5, 5.41) is 21.5. The standard InChI is InChI=1S/C8H12N6O6/c1-5(15)9-3-10(6(2)16)8-7(9)11(13(17)18)4-12(8)14(19)20/h7-8H,3-4H2,1-2H3. The molecular weight excluding hydrogens is 276 g/mol. The lowest BCUT2D eigenvalue weighted by molar-refractivity contribution is -0.697. The highest BCUT2D eigenvalue weighted by molar-refractivity contribution is 5.78. The van der Waals surface area contributed by atoms with Gasteiger partial charge in [0.15, 0.2) is 10.1 Å². The number of nitro groups is 2. The van der Waals surface area contributed by atoms with Crippen molar-refractivity contribution in [2.24, 2.45) is 0 Å². The fraction of sp³-hybridized carbons (Fsp3) is 0.750. The zero-order valence-corrected chi connectivity index (χ0v) is 10.7. The van der Waals surface area contributed by atoms with Gasteiger partial charge in [0.1, 0.15) is 6.67 Å². The quantitative estimate of drug-likeness (QED) is 0.432. The lowest BCUT2D eigenvalue weighted by Crippen LogP contribution is -2.49. The Hall–Kier alpha value is -2.66. The molecule has 0 aromatic carbocycles. The van der Waals surface area contributed by atoms with E-state index in [1.165, 1.54) is 13.8 Å². The van der Waals surface area contributed by atoms with Crippen LogP contribution in [-0.4, -0.2) is 67.4 Å². The van der Waals surface area contributed by atoms with Crippen LogP contribution in [0.25, 0.3) is 0 Å². The van der Waals surface area contributed by atoms with E-state index in [0.717, 1.165) is 9.80 Å². The molecule has 0 aromatic rings. The van der Waals surface area contributed by atoms with E-state index in [4.69, 9.17) is 0 Å². The molecule has 2 aliphatic heterocycles. The second-order valence-electron chi connectivity index (χ2n) is 4.44. The Morgan fingerprint density at radius 1 is 0.900 bits per heavy atom. The number of nitrogens with zero attached hydrogens (tertiary/aromatic N) is 6. The summed E-state index contributed by atoms with van der Waals surface area (Å²) < 4.78 is 0. The van der Waals surface area contributed by atoms with E-state index in [2.05, 4.69) is 0 Å². The van der Waals surface area contributed by atoms with Crippen LogP contribution in [0.1, 0.15) is 13.8 Å². The van der Waals surface area contributed by atoms with Gasteiger partial charge in [-0.2, -0.15) is 0 Å². The van der Waals surface area contributed by atoms with Gasteiger partial charge in [0, 0.05) is 13.8 Å². The van der Waals surface area contributed by atoms with E-state index in [-0.39, 0.29) is 6.67 Å². The smallest absolute Gasteiger partial charge is 0.222 e. The first-order valence-electron chi connectivity index (χ1n) is 5.62. The summed E-state index contributed by atoms with van der Waals surface area (Å²) in [4.78, 5) is 47.2. The summed E-state index contributed by atoms with van der Waals surface area (Å²) >= 11 is 0.